The van der Waals surface area contributed by atoms with E-state index in [0.717, 1.165) is 42.1 Å². The van der Waals surface area contributed by atoms with Crippen molar-refractivity contribution in [3.8, 4) is 0 Å². The number of likely N-dealkylation sites (tertiary alicyclic amines) is 1. The number of aliphatic imine (C=N–C) groups is 1. The van der Waals surface area contributed by atoms with Crippen LogP contribution in [0.25, 0.3) is 0 Å². The van der Waals surface area contributed by atoms with Crippen molar-refractivity contribution in [1.82, 2.24) is 14.8 Å². The summed E-state index contributed by atoms with van der Waals surface area (Å²) in [5.74, 6) is 0.112. The summed E-state index contributed by atoms with van der Waals surface area (Å²) in [6, 6.07) is 11.9. The van der Waals surface area contributed by atoms with E-state index in [4.69, 9.17) is 16.6 Å². The van der Waals surface area contributed by atoms with E-state index in [0.29, 0.717) is 5.02 Å². The molecule has 1 aromatic carbocycles. The van der Waals surface area contributed by atoms with Crippen LogP contribution in [0.3, 0.4) is 0 Å². The lowest BCUT2D eigenvalue weighted by Crippen LogP contribution is -2.44. The van der Waals surface area contributed by atoms with Gasteiger partial charge in [0.1, 0.15) is 5.71 Å². The highest BCUT2D eigenvalue weighted by molar-refractivity contribution is 6.52. The maximum atomic E-state index is 13.2. The minimum Gasteiger partial charge on any atom is -0.336 e. The van der Waals surface area contributed by atoms with Crippen molar-refractivity contribution in [2.45, 2.75) is 25.6 Å². The monoisotopic (exact) mass is 424 g/mol. The molecule has 156 valence electrons. The van der Waals surface area contributed by atoms with Crippen molar-refractivity contribution < 1.29 is 9.37 Å². The number of rotatable bonds is 5. The molecule has 1 unspecified atom stereocenters. The molecule has 1 fully saturated rings. The molecule has 0 bridgehead atoms. The van der Waals surface area contributed by atoms with Gasteiger partial charge in [-0.25, -0.2) is 4.99 Å². The third kappa shape index (κ3) is 4.16. The van der Waals surface area contributed by atoms with E-state index in [2.05, 4.69) is 21.5 Å². The van der Waals surface area contributed by atoms with E-state index < -0.39 is 0 Å². The summed E-state index contributed by atoms with van der Waals surface area (Å²) in [7, 11) is 4.02. The van der Waals surface area contributed by atoms with Gasteiger partial charge in [0.2, 0.25) is 18.4 Å². The highest BCUT2D eigenvalue weighted by Gasteiger charge is 2.37. The number of carbonyl (C=O) groups is 1. The van der Waals surface area contributed by atoms with E-state index >= 15 is 0 Å². The van der Waals surface area contributed by atoms with Crippen molar-refractivity contribution in [1.29, 1.82) is 0 Å². The Morgan fingerprint density at radius 2 is 1.90 bits per heavy atom. The molecule has 7 heteroatoms. The fourth-order valence-electron chi connectivity index (χ4n) is 4.17. The molecule has 30 heavy (non-hydrogen) atoms. The molecule has 2 aliphatic heterocycles. The first kappa shape index (κ1) is 20.7. The Balaban J connectivity index is 1.68. The van der Waals surface area contributed by atoms with Gasteiger partial charge in [0.05, 0.1) is 5.56 Å². The highest BCUT2D eigenvalue weighted by atomic mass is 35.5. The lowest BCUT2D eigenvalue weighted by molar-refractivity contribution is -0.545. The molecule has 2 aromatic rings. The zero-order chi connectivity index (χ0) is 21.3. The number of nitrogens with zero attached hydrogens (tertiary/aromatic N) is 5. The molecule has 0 spiro atoms. The standard InChI is InChI=1S/C23H27ClN5O/c1-16-26-22(17-4-6-19(24)7-5-17)23(18-8-11-25-12-9-18)29(16)15-21(30)28(3)20-10-13-27(2)14-20/h4-9,11-12,16,20H,10,13-15H2,1-3H3/q+1/t16?,20-/m1/s1. The summed E-state index contributed by atoms with van der Waals surface area (Å²) in [5.41, 5.74) is 3.82. The molecule has 0 saturated carbocycles. The molecule has 2 atom stereocenters. The molecule has 2 aliphatic rings. The van der Waals surface area contributed by atoms with Crippen molar-refractivity contribution in [3.63, 3.8) is 0 Å². The molecule has 4 rings (SSSR count). The summed E-state index contributed by atoms with van der Waals surface area (Å²) < 4.78 is 2.09. The number of aromatic nitrogens is 1. The number of amides is 1. The van der Waals surface area contributed by atoms with Crippen LogP contribution >= 0.6 is 11.6 Å². The summed E-state index contributed by atoms with van der Waals surface area (Å²) in [6.07, 6.45) is 4.42. The Kier molecular flexibility index (Phi) is 5.97. The number of pyridine rings is 1. The molecular formula is C23H27ClN5O+. The van der Waals surface area contributed by atoms with Gasteiger partial charge < -0.3 is 9.80 Å². The minimum absolute atomic E-state index is 0.112. The molecular weight excluding hydrogens is 398 g/mol. The number of halogens is 1. The number of likely N-dealkylation sites (N-methyl/N-ethyl adjacent to an activating group) is 2. The van der Waals surface area contributed by atoms with E-state index in [1.54, 1.807) is 12.4 Å². The second kappa shape index (κ2) is 8.66. The van der Waals surface area contributed by atoms with Gasteiger partial charge in [-0.1, -0.05) is 23.7 Å². The average molecular weight is 425 g/mol. The maximum Gasteiger partial charge on any atom is 0.288 e. The van der Waals surface area contributed by atoms with Gasteiger partial charge in [0, 0.05) is 49.5 Å². The molecule has 3 heterocycles. The first-order valence-corrected chi connectivity index (χ1v) is 10.6. The van der Waals surface area contributed by atoms with Crippen LogP contribution in [-0.4, -0.2) is 82.6 Å². The van der Waals surface area contributed by atoms with Crippen LogP contribution in [0.1, 0.15) is 24.5 Å². The van der Waals surface area contributed by atoms with Gasteiger partial charge in [-0.3, -0.25) is 9.78 Å². The Hall–Kier alpha value is -2.57. The van der Waals surface area contributed by atoms with Crippen LogP contribution in [0.15, 0.2) is 53.8 Å². The highest BCUT2D eigenvalue weighted by Crippen LogP contribution is 2.20. The number of carbonyl (C=O) groups excluding carboxylic acids is 1. The largest absolute Gasteiger partial charge is 0.336 e. The summed E-state index contributed by atoms with van der Waals surface area (Å²) >= 11 is 6.09. The van der Waals surface area contributed by atoms with Gasteiger partial charge >= 0.3 is 0 Å². The molecule has 0 radical (unpaired) electrons. The van der Waals surface area contributed by atoms with E-state index in [1.165, 1.54) is 0 Å². The van der Waals surface area contributed by atoms with Gasteiger partial charge in [-0.2, -0.15) is 4.58 Å². The first-order valence-electron chi connectivity index (χ1n) is 10.3. The maximum absolute atomic E-state index is 13.2. The van der Waals surface area contributed by atoms with Crippen molar-refractivity contribution >= 4 is 28.9 Å². The fourth-order valence-corrected chi connectivity index (χ4v) is 4.30. The van der Waals surface area contributed by atoms with Crippen LogP contribution in [0.4, 0.5) is 0 Å². The zero-order valence-electron chi connectivity index (χ0n) is 17.6. The van der Waals surface area contributed by atoms with Crippen molar-refractivity contribution in [2.24, 2.45) is 4.99 Å². The Bertz CT molecular complexity index is 986. The lowest BCUT2D eigenvalue weighted by atomic mass is 10.0. The topological polar surface area (TPSA) is 51.8 Å². The van der Waals surface area contributed by atoms with E-state index in [-0.39, 0.29) is 24.7 Å². The van der Waals surface area contributed by atoms with Gasteiger partial charge in [-0.05, 0) is 44.3 Å². The molecule has 1 saturated heterocycles. The molecule has 0 N–H and O–H groups in total. The Morgan fingerprint density at radius 3 is 2.53 bits per heavy atom. The Morgan fingerprint density at radius 1 is 1.20 bits per heavy atom. The van der Waals surface area contributed by atoms with Gasteiger partial charge in [-0.15, -0.1) is 0 Å². The number of hydrogen-bond donors (Lipinski definition) is 0. The molecule has 1 amide bonds. The quantitative estimate of drug-likeness (QED) is 0.693. The fraction of sp³-hybridized carbons (Fsp3) is 0.391. The lowest BCUT2D eigenvalue weighted by Gasteiger charge is -2.23. The SMILES string of the molecule is CC1N=C(c2ccc(Cl)cc2)C(c2ccncc2)=[N+]1CC(=O)N(C)[C@@H]1CCN(C)C1. The number of hydrogen-bond acceptors (Lipinski definition) is 4. The molecule has 6 nitrogen and oxygen atoms in total. The molecule has 0 aliphatic carbocycles. The van der Waals surface area contributed by atoms with Crippen LogP contribution in [0, 0.1) is 0 Å². The van der Waals surface area contributed by atoms with Crippen LogP contribution < -0.4 is 0 Å². The third-order valence-electron chi connectivity index (χ3n) is 5.96. The summed E-state index contributed by atoms with van der Waals surface area (Å²) in [4.78, 5) is 26.4. The second-order valence-electron chi connectivity index (χ2n) is 8.04. The van der Waals surface area contributed by atoms with Gasteiger partial charge in [0.15, 0.2) is 0 Å². The third-order valence-corrected chi connectivity index (χ3v) is 6.22. The average Bonchev–Trinajstić information content (AvgIpc) is 3.32. The van der Waals surface area contributed by atoms with Crippen LogP contribution in [-0.2, 0) is 4.79 Å². The Labute approximate surface area is 182 Å². The summed E-state index contributed by atoms with van der Waals surface area (Å²) in [6.45, 7) is 4.27. The molecule has 1 aromatic heterocycles. The van der Waals surface area contributed by atoms with Crippen LogP contribution in [0.5, 0.6) is 0 Å². The van der Waals surface area contributed by atoms with Gasteiger partial charge in [0.25, 0.3) is 5.91 Å². The predicted molar refractivity (Wildman–Crippen MR) is 120 cm³/mol. The minimum atomic E-state index is -0.137. The second-order valence-corrected chi connectivity index (χ2v) is 8.47. The van der Waals surface area contributed by atoms with Crippen molar-refractivity contribution in [2.75, 3.05) is 33.7 Å². The van der Waals surface area contributed by atoms with Crippen LogP contribution in [0.2, 0.25) is 5.02 Å². The normalized spacial score (nSPS) is 21.8. The predicted octanol–water partition coefficient (Wildman–Crippen LogP) is 2.55. The zero-order valence-corrected chi connectivity index (χ0v) is 18.4. The van der Waals surface area contributed by atoms with Crippen molar-refractivity contribution in [3.05, 3.63) is 64.9 Å². The van der Waals surface area contributed by atoms with E-state index in [1.807, 2.05) is 55.3 Å². The van der Waals surface area contributed by atoms with E-state index in [9.17, 15) is 4.79 Å². The number of benzene rings is 1. The summed E-state index contributed by atoms with van der Waals surface area (Å²) in [5, 5.41) is 0.686. The smallest absolute Gasteiger partial charge is 0.288 e. The first-order chi connectivity index (χ1) is 14.4.